The highest BCUT2D eigenvalue weighted by Gasteiger charge is 2.39. The molecule has 3 aromatic rings. The zero-order valence-electron chi connectivity index (χ0n) is 18.7. The van der Waals surface area contributed by atoms with Crippen molar-refractivity contribution in [1.29, 1.82) is 0 Å². The molecule has 2 aliphatic rings. The van der Waals surface area contributed by atoms with Crippen molar-refractivity contribution in [2.24, 2.45) is 10.1 Å². The van der Waals surface area contributed by atoms with Crippen molar-refractivity contribution in [3.05, 3.63) is 101 Å². The van der Waals surface area contributed by atoms with Gasteiger partial charge in [-0.15, -0.1) is 0 Å². The van der Waals surface area contributed by atoms with Crippen molar-refractivity contribution < 1.29 is 18.4 Å². The molecule has 2 aliphatic heterocycles. The minimum absolute atomic E-state index is 0.0768. The average Bonchev–Trinajstić information content (AvgIpc) is 3.44. The van der Waals surface area contributed by atoms with Gasteiger partial charge in [0.1, 0.15) is 16.9 Å². The van der Waals surface area contributed by atoms with E-state index in [0.29, 0.717) is 28.0 Å². The van der Waals surface area contributed by atoms with Crippen LogP contribution in [-0.2, 0) is 9.59 Å². The number of carbonyl (C=O) groups excluding carboxylic acids is 2. The number of nitrogens with one attached hydrogen (secondary N) is 1. The lowest BCUT2D eigenvalue weighted by Crippen LogP contribution is -2.25. The van der Waals surface area contributed by atoms with Crippen LogP contribution in [0.4, 0.5) is 14.5 Å². The van der Waals surface area contributed by atoms with Crippen molar-refractivity contribution in [2.45, 2.75) is 24.1 Å². The van der Waals surface area contributed by atoms with Crippen LogP contribution in [0.25, 0.3) is 0 Å². The number of thioether (sulfide) groups is 1. The quantitative estimate of drug-likeness (QED) is 0.458. The molecular formula is C26H19ClF2N4O2S. The Hall–Kier alpha value is -3.56. The van der Waals surface area contributed by atoms with E-state index in [4.69, 9.17) is 16.7 Å². The number of amidine groups is 1. The number of carbonyl (C=O) groups is 2. The van der Waals surface area contributed by atoms with E-state index in [1.54, 1.807) is 53.5 Å². The molecule has 2 atom stereocenters. The molecule has 1 N–H and O–H groups in total. The summed E-state index contributed by atoms with van der Waals surface area (Å²) in [7, 11) is 0. The molecule has 2 heterocycles. The Morgan fingerprint density at radius 2 is 1.75 bits per heavy atom. The van der Waals surface area contributed by atoms with Crippen molar-refractivity contribution >= 4 is 51.7 Å². The van der Waals surface area contributed by atoms with E-state index in [1.165, 1.54) is 24.3 Å². The zero-order valence-corrected chi connectivity index (χ0v) is 20.3. The van der Waals surface area contributed by atoms with E-state index in [-0.39, 0.29) is 30.0 Å². The predicted octanol–water partition coefficient (Wildman–Crippen LogP) is 5.80. The third-order valence-electron chi connectivity index (χ3n) is 5.75. The van der Waals surface area contributed by atoms with Crippen LogP contribution >= 0.6 is 23.4 Å². The lowest BCUT2D eigenvalue weighted by Gasteiger charge is -2.23. The molecule has 6 nitrogen and oxygen atoms in total. The Morgan fingerprint density at radius 1 is 1.06 bits per heavy atom. The van der Waals surface area contributed by atoms with E-state index in [9.17, 15) is 18.4 Å². The van der Waals surface area contributed by atoms with Gasteiger partial charge in [-0.2, -0.15) is 10.1 Å². The summed E-state index contributed by atoms with van der Waals surface area (Å²) in [5.74, 6) is -1.49. The fourth-order valence-corrected chi connectivity index (χ4v) is 5.25. The summed E-state index contributed by atoms with van der Waals surface area (Å²) in [5, 5.41) is 9.19. The molecule has 36 heavy (non-hydrogen) atoms. The standard InChI is InChI=1S/C26H19ClF2N4O2S/c27-17-2-1-3-20(12-17)30-24(34)14-23-25(35)31-26(36-23)33-22(16-6-10-19(29)11-7-16)13-21(32-33)15-4-8-18(28)9-5-15/h1-12,22-23H,13-14H2,(H,30,34)/t22-,23-/m1/s1. The molecule has 3 aromatic carbocycles. The number of benzene rings is 3. The summed E-state index contributed by atoms with van der Waals surface area (Å²) in [6.45, 7) is 0. The number of hydrogen-bond acceptors (Lipinski definition) is 5. The SMILES string of the molecule is O=C(C[C@H]1SC(N2N=C(c3ccc(F)cc3)C[C@@H]2c2ccc(F)cc2)=NC1=O)Nc1cccc(Cl)c1. The maximum atomic E-state index is 13.6. The minimum atomic E-state index is -0.710. The lowest BCUT2D eigenvalue weighted by atomic mass is 9.98. The minimum Gasteiger partial charge on any atom is -0.326 e. The monoisotopic (exact) mass is 524 g/mol. The summed E-state index contributed by atoms with van der Waals surface area (Å²) in [5.41, 5.74) is 2.74. The summed E-state index contributed by atoms with van der Waals surface area (Å²) in [4.78, 5) is 29.4. The molecule has 182 valence electrons. The van der Waals surface area contributed by atoms with Gasteiger partial charge in [-0.25, -0.2) is 13.8 Å². The fourth-order valence-electron chi connectivity index (χ4n) is 4.00. The predicted molar refractivity (Wildman–Crippen MR) is 137 cm³/mol. The molecule has 2 amide bonds. The Balaban J connectivity index is 1.35. The van der Waals surface area contributed by atoms with Gasteiger partial charge < -0.3 is 5.32 Å². The van der Waals surface area contributed by atoms with Crippen LogP contribution in [0.1, 0.15) is 30.0 Å². The highest BCUT2D eigenvalue weighted by Crippen LogP contribution is 2.38. The van der Waals surface area contributed by atoms with Crippen LogP contribution in [0.3, 0.4) is 0 Å². The second kappa shape index (κ2) is 10.2. The third kappa shape index (κ3) is 5.32. The van der Waals surface area contributed by atoms with Gasteiger partial charge in [-0.1, -0.05) is 53.7 Å². The maximum absolute atomic E-state index is 13.6. The molecule has 10 heteroatoms. The Labute approximate surface area is 215 Å². The first kappa shape index (κ1) is 24.1. The van der Waals surface area contributed by atoms with Crippen molar-refractivity contribution in [1.82, 2.24) is 5.01 Å². The number of anilines is 1. The molecule has 0 saturated heterocycles. The van der Waals surface area contributed by atoms with Crippen LogP contribution in [-0.4, -0.2) is 33.0 Å². The van der Waals surface area contributed by atoms with Crippen LogP contribution in [0, 0.1) is 11.6 Å². The number of hydrogen-bond donors (Lipinski definition) is 1. The first-order chi connectivity index (χ1) is 17.4. The van der Waals surface area contributed by atoms with Gasteiger partial charge in [0.05, 0.1) is 11.8 Å². The highest BCUT2D eigenvalue weighted by atomic mass is 35.5. The summed E-state index contributed by atoms with van der Waals surface area (Å²) in [6.07, 6.45) is 0.373. The maximum Gasteiger partial charge on any atom is 0.262 e. The van der Waals surface area contributed by atoms with E-state index in [1.807, 2.05) is 0 Å². The van der Waals surface area contributed by atoms with Crippen LogP contribution in [0.5, 0.6) is 0 Å². The van der Waals surface area contributed by atoms with Crippen molar-refractivity contribution in [3.8, 4) is 0 Å². The first-order valence-corrected chi connectivity index (χ1v) is 12.3. The molecule has 5 rings (SSSR count). The fraction of sp³-hybridized carbons (Fsp3) is 0.154. The van der Waals surface area contributed by atoms with E-state index in [0.717, 1.165) is 22.9 Å². The Kier molecular flexibility index (Phi) is 6.84. The van der Waals surface area contributed by atoms with Gasteiger partial charge in [0.25, 0.3) is 5.91 Å². The zero-order chi connectivity index (χ0) is 25.2. The Morgan fingerprint density at radius 3 is 2.44 bits per heavy atom. The van der Waals surface area contributed by atoms with Gasteiger partial charge in [-0.3, -0.25) is 9.59 Å². The van der Waals surface area contributed by atoms with E-state index >= 15 is 0 Å². The lowest BCUT2D eigenvalue weighted by molar-refractivity contribution is -0.121. The number of halogens is 3. The van der Waals surface area contributed by atoms with Crippen molar-refractivity contribution in [2.75, 3.05) is 5.32 Å². The van der Waals surface area contributed by atoms with Gasteiger partial charge in [0, 0.05) is 23.6 Å². The van der Waals surface area contributed by atoms with Crippen LogP contribution in [0.15, 0.2) is 82.9 Å². The molecule has 0 saturated carbocycles. The highest BCUT2D eigenvalue weighted by molar-refractivity contribution is 8.15. The molecule has 0 radical (unpaired) electrons. The summed E-state index contributed by atoms with van der Waals surface area (Å²) >= 11 is 7.12. The molecule has 0 aliphatic carbocycles. The molecule has 0 bridgehead atoms. The van der Waals surface area contributed by atoms with Crippen LogP contribution in [0.2, 0.25) is 5.02 Å². The molecule has 0 fully saturated rings. The van der Waals surface area contributed by atoms with E-state index < -0.39 is 11.2 Å². The summed E-state index contributed by atoms with van der Waals surface area (Å²) < 4.78 is 27.0. The van der Waals surface area contributed by atoms with Crippen molar-refractivity contribution in [3.63, 3.8) is 0 Å². The molecular weight excluding hydrogens is 506 g/mol. The number of rotatable bonds is 5. The topological polar surface area (TPSA) is 74.1 Å². The largest absolute Gasteiger partial charge is 0.326 e. The second-order valence-corrected chi connectivity index (χ2v) is 9.88. The number of amides is 2. The van der Waals surface area contributed by atoms with Gasteiger partial charge in [0.15, 0.2) is 5.17 Å². The molecule has 0 spiro atoms. The van der Waals surface area contributed by atoms with Gasteiger partial charge in [-0.05, 0) is 53.6 Å². The molecule has 0 unspecified atom stereocenters. The average molecular weight is 525 g/mol. The second-order valence-electron chi connectivity index (χ2n) is 8.27. The number of aliphatic imine (C=N–C) groups is 1. The third-order valence-corrected chi connectivity index (χ3v) is 7.12. The summed E-state index contributed by atoms with van der Waals surface area (Å²) in [6, 6.07) is 18.4. The van der Waals surface area contributed by atoms with Gasteiger partial charge in [0.2, 0.25) is 5.91 Å². The van der Waals surface area contributed by atoms with E-state index in [2.05, 4.69) is 10.3 Å². The number of hydrazone groups is 1. The normalized spacial score (nSPS) is 19.3. The Bertz CT molecular complexity index is 1380. The molecule has 0 aromatic heterocycles. The van der Waals surface area contributed by atoms with Crippen LogP contribution < -0.4 is 5.32 Å². The first-order valence-electron chi connectivity index (χ1n) is 11.1. The number of nitrogens with zero attached hydrogens (tertiary/aromatic N) is 3. The van der Waals surface area contributed by atoms with Gasteiger partial charge >= 0.3 is 0 Å². The smallest absolute Gasteiger partial charge is 0.262 e.